The number of H-pyrrole nitrogens is 1. The molecule has 0 saturated heterocycles. The van der Waals surface area contributed by atoms with Crippen LogP contribution in [-0.2, 0) is 11.2 Å². The van der Waals surface area contributed by atoms with Crippen LogP contribution in [0.2, 0.25) is 0 Å². The Morgan fingerprint density at radius 3 is 2.71 bits per heavy atom. The van der Waals surface area contributed by atoms with Gasteiger partial charge in [-0.1, -0.05) is 61.8 Å². The second-order valence-corrected chi connectivity index (χ2v) is 17.9. The van der Waals surface area contributed by atoms with Crippen molar-refractivity contribution in [2.24, 2.45) is 28.9 Å². The largest absolute Gasteiger partial charge is 0.508 e. The Hall–Kier alpha value is -5.01. The van der Waals surface area contributed by atoms with Crippen molar-refractivity contribution in [3.8, 4) is 41.1 Å². The van der Waals surface area contributed by atoms with Gasteiger partial charge in [-0.05, 0) is 89.8 Å². The van der Waals surface area contributed by atoms with E-state index in [0.29, 0.717) is 23.7 Å². The van der Waals surface area contributed by atoms with Gasteiger partial charge >= 0.3 is 0 Å². The first-order chi connectivity index (χ1) is 28.6. The Morgan fingerprint density at radius 2 is 1.88 bits per heavy atom. The summed E-state index contributed by atoms with van der Waals surface area (Å²) in [4.78, 5) is 16.7. The van der Waals surface area contributed by atoms with Crippen molar-refractivity contribution >= 4 is 16.7 Å². The van der Waals surface area contributed by atoms with Crippen LogP contribution in [0.5, 0.6) is 17.2 Å². The molecule has 3 aliphatic heterocycles. The van der Waals surface area contributed by atoms with Crippen LogP contribution in [0.15, 0.2) is 55.0 Å². The van der Waals surface area contributed by atoms with Crippen LogP contribution in [-0.4, -0.2) is 54.5 Å². The van der Waals surface area contributed by atoms with E-state index in [9.17, 15) is 25.2 Å². The first-order valence-corrected chi connectivity index (χ1v) is 21.4. The second-order valence-electron chi connectivity index (χ2n) is 17.9. The van der Waals surface area contributed by atoms with Crippen LogP contribution < -0.4 is 20.5 Å². The summed E-state index contributed by atoms with van der Waals surface area (Å²) in [7, 11) is 0. The molecule has 10 rings (SSSR count). The number of carbonyl (C=O) groups excluding carboxylic acids is 1. The first kappa shape index (κ1) is 38.2. The lowest BCUT2D eigenvalue weighted by Crippen LogP contribution is -2.40. The number of fused-ring (bicyclic) bond motifs is 6. The van der Waals surface area contributed by atoms with Gasteiger partial charge in [-0.15, -0.1) is 0 Å². The molecule has 10 atom stereocenters. The summed E-state index contributed by atoms with van der Waals surface area (Å²) >= 11 is 0. The minimum absolute atomic E-state index is 0.0302. The Balaban J connectivity index is 1.03. The normalized spacial score (nSPS) is 30.3. The maximum Gasteiger partial charge on any atom is 0.191 e. The van der Waals surface area contributed by atoms with E-state index in [1.807, 2.05) is 25.1 Å². The van der Waals surface area contributed by atoms with Gasteiger partial charge in [0.25, 0.3) is 0 Å². The zero-order valence-electron chi connectivity index (χ0n) is 33.3. The molecule has 1 saturated carbocycles. The van der Waals surface area contributed by atoms with Gasteiger partial charge in [0, 0.05) is 61.3 Å². The molecule has 2 aromatic heterocycles. The van der Waals surface area contributed by atoms with Gasteiger partial charge in [0.05, 0.1) is 35.2 Å². The van der Waals surface area contributed by atoms with Gasteiger partial charge in [-0.3, -0.25) is 10.1 Å². The fourth-order valence-electron chi connectivity index (χ4n) is 11.1. The van der Waals surface area contributed by atoms with Gasteiger partial charge in [0.1, 0.15) is 23.7 Å². The van der Waals surface area contributed by atoms with Gasteiger partial charge in [-0.2, -0.15) is 0 Å². The molecule has 5 heterocycles. The number of phenolic OH excluding ortho intramolecular Hbond substituents is 1. The smallest absolute Gasteiger partial charge is 0.191 e. The molecule has 306 valence electrons. The lowest BCUT2D eigenvalue weighted by atomic mass is 9.68. The van der Waals surface area contributed by atoms with E-state index < -0.39 is 41.8 Å². The summed E-state index contributed by atoms with van der Waals surface area (Å²) in [5.41, 5.74) is 12.9. The zero-order chi connectivity index (χ0) is 40.6. The number of benzene rings is 2. The molecule has 6 aliphatic rings. The van der Waals surface area contributed by atoms with Gasteiger partial charge < -0.3 is 45.2 Å². The summed E-state index contributed by atoms with van der Waals surface area (Å²) in [6.45, 7) is 2.81. The molecule has 11 heteroatoms. The first-order valence-electron chi connectivity index (χ1n) is 21.4. The molecule has 2 bridgehead atoms. The number of aromatic amines is 1. The van der Waals surface area contributed by atoms with Crippen LogP contribution in [0.1, 0.15) is 128 Å². The number of nitrogens with zero attached hydrogens (tertiary/aromatic N) is 1. The lowest BCUT2D eigenvalue weighted by Gasteiger charge is -2.40. The average molecular weight is 797 g/mol. The number of aliphatic hydroxyl groups is 3. The van der Waals surface area contributed by atoms with Crippen LogP contribution in [0.25, 0.3) is 10.9 Å². The molecule has 1 spiro atoms. The van der Waals surface area contributed by atoms with Crippen molar-refractivity contribution in [3.05, 3.63) is 88.4 Å². The number of rotatable bonds is 6. The van der Waals surface area contributed by atoms with E-state index in [1.54, 1.807) is 6.07 Å². The quantitative estimate of drug-likeness (QED) is 0.0882. The zero-order valence-corrected chi connectivity index (χ0v) is 33.3. The Morgan fingerprint density at radius 1 is 1.05 bits per heavy atom. The second kappa shape index (κ2) is 14.9. The fourth-order valence-corrected chi connectivity index (χ4v) is 11.1. The number of aromatic nitrogens is 2. The Labute approximate surface area is 344 Å². The molecule has 2 aromatic carbocycles. The van der Waals surface area contributed by atoms with E-state index in [4.69, 9.17) is 15.2 Å². The highest BCUT2D eigenvalue weighted by molar-refractivity contribution is 5.84. The Kier molecular flexibility index (Phi) is 9.66. The number of nitrogens with one attached hydrogen (secondary N) is 2. The van der Waals surface area contributed by atoms with Crippen molar-refractivity contribution < 1.29 is 34.7 Å². The number of hydrogen-bond donors (Lipinski definition) is 7. The molecular formula is C48H52N4O7. The van der Waals surface area contributed by atoms with E-state index >= 15 is 0 Å². The number of Topliss-reactive ketones (excluding diaryl/α,β-unsaturated/α-hetero) is 1. The highest BCUT2D eigenvalue weighted by Crippen LogP contribution is 2.53. The molecule has 11 nitrogen and oxygen atoms in total. The molecule has 1 fully saturated rings. The van der Waals surface area contributed by atoms with Gasteiger partial charge in [0.2, 0.25) is 0 Å². The third-order valence-corrected chi connectivity index (χ3v) is 14.2. The van der Waals surface area contributed by atoms with Crippen LogP contribution in [0, 0.1) is 47.0 Å². The van der Waals surface area contributed by atoms with Crippen molar-refractivity contribution in [1.82, 2.24) is 14.9 Å². The summed E-state index contributed by atoms with van der Waals surface area (Å²) in [5.74, 6) is 10.3. The van der Waals surface area contributed by atoms with Crippen molar-refractivity contribution in [2.45, 2.75) is 114 Å². The number of ketones is 1. The molecule has 0 radical (unpaired) electrons. The summed E-state index contributed by atoms with van der Waals surface area (Å²) in [5, 5.41) is 49.3. The van der Waals surface area contributed by atoms with Crippen LogP contribution in [0.3, 0.4) is 0 Å². The topological polar surface area (TPSA) is 175 Å². The number of phenols is 1. The molecule has 8 N–H and O–H groups in total. The number of ether oxygens (including phenoxy) is 2. The van der Waals surface area contributed by atoms with E-state index in [1.165, 1.54) is 11.6 Å². The third kappa shape index (κ3) is 6.65. The predicted octanol–water partition coefficient (Wildman–Crippen LogP) is 6.23. The molecule has 4 aromatic rings. The fraction of sp³-hybridized carbons (Fsp3) is 0.479. The Bertz CT molecular complexity index is 2470. The van der Waals surface area contributed by atoms with Crippen molar-refractivity contribution in [3.63, 3.8) is 0 Å². The van der Waals surface area contributed by atoms with Gasteiger partial charge in [0.15, 0.2) is 17.7 Å². The average Bonchev–Trinajstić information content (AvgIpc) is 3.96. The molecule has 0 unspecified atom stereocenters. The van der Waals surface area contributed by atoms with E-state index in [0.717, 1.165) is 78.2 Å². The third-order valence-electron chi connectivity index (χ3n) is 14.2. The molecule has 0 amide bonds. The minimum Gasteiger partial charge on any atom is -0.508 e. The molecular weight excluding hydrogens is 745 g/mol. The number of carbonyl (C=O) groups is 1. The molecule has 59 heavy (non-hydrogen) atoms. The predicted molar refractivity (Wildman–Crippen MR) is 221 cm³/mol. The SMILES string of the molecule is C[C@@H]1C=C[C@@H]([C@@H](O)CC(=O)CCc2cc3c(cc2O)OC#CC2(CCCC2)[C@H]2C#C[C@H](O)c4ccc5c6c4[C@@H](CC[C@H]6CN[C@@H]5N)c4c[nH]c5cn(cc45)[C@H]2O3)[C@H](O)C1. The highest BCUT2D eigenvalue weighted by Gasteiger charge is 2.47. The maximum absolute atomic E-state index is 13.2. The number of aryl methyl sites for hydroxylation is 1. The minimum atomic E-state index is -1.06. The highest BCUT2D eigenvalue weighted by atomic mass is 16.5. The van der Waals surface area contributed by atoms with Crippen molar-refractivity contribution in [1.29, 1.82) is 0 Å². The maximum atomic E-state index is 13.2. The lowest BCUT2D eigenvalue weighted by molar-refractivity contribution is -0.122. The summed E-state index contributed by atoms with van der Waals surface area (Å²) in [6, 6.07) is 7.28. The number of allylic oxidation sites excluding steroid dienone is 1. The summed E-state index contributed by atoms with van der Waals surface area (Å²) in [6.07, 6.45) is 15.4. The number of hydrogen-bond acceptors (Lipinski definition) is 9. The van der Waals surface area contributed by atoms with E-state index in [-0.39, 0.29) is 54.5 Å². The van der Waals surface area contributed by atoms with Crippen molar-refractivity contribution in [2.75, 3.05) is 6.54 Å². The molecule has 3 aliphatic carbocycles. The standard InChI is InChI=1S/C48H52N4O7/c1-26-4-8-31(40(56)18-26)41(57)20-29(53)7-5-27-19-43-42(21-39(27)55)58-17-16-48(14-2-3-15-48)36-12-13-38(54)32-10-11-33-44-28(22-51-46(33)49)6-9-30(45(32)44)34-23-50-37-25-52(24-35(34)37)47(36)59-43/h4,8,10-11,19,21,23-26,28,30-31,36,38,40-41,46-47,50-51,54-57H,2-3,5-7,9,14-15,18,20,22,49H2,1H3/t26-,28+,30+,31-,36+,38+,40-,41+,46+,47+/m1/s1. The number of nitrogens with two attached hydrogens (primary N) is 1. The van der Waals surface area contributed by atoms with E-state index in [2.05, 4.69) is 63.4 Å². The number of aromatic hydroxyl groups is 1. The van der Waals surface area contributed by atoms with Crippen LogP contribution in [0.4, 0.5) is 0 Å². The number of aliphatic hydroxyl groups excluding tert-OH is 3. The monoisotopic (exact) mass is 796 g/mol. The van der Waals surface area contributed by atoms with Gasteiger partial charge in [-0.25, -0.2) is 0 Å². The summed E-state index contributed by atoms with van der Waals surface area (Å²) < 4.78 is 15.2. The van der Waals surface area contributed by atoms with Crippen LogP contribution >= 0.6 is 0 Å².